The van der Waals surface area contributed by atoms with Crippen LogP contribution >= 0.6 is 0 Å². The molecule has 0 heterocycles. The summed E-state index contributed by atoms with van der Waals surface area (Å²) in [5, 5.41) is 3.00. The van der Waals surface area contributed by atoms with Crippen LogP contribution in [0.25, 0.3) is 0 Å². The second kappa shape index (κ2) is 7.23. The van der Waals surface area contributed by atoms with Crippen molar-refractivity contribution in [2.75, 3.05) is 13.1 Å². The van der Waals surface area contributed by atoms with E-state index in [1.165, 1.54) is 6.07 Å². The van der Waals surface area contributed by atoms with Gasteiger partial charge >= 0.3 is 0 Å². The number of hydrogen-bond acceptors (Lipinski definition) is 2. The van der Waals surface area contributed by atoms with Crippen molar-refractivity contribution in [1.82, 2.24) is 10.2 Å². The lowest BCUT2D eigenvalue weighted by atomic mass is 10.1. The van der Waals surface area contributed by atoms with Crippen LogP contribution in [0.5, 0.6) is 0 Å². The number of carbonyl (C=O) groups excluding carboxylic acids is 1. The number of carbonyl (C=O) groups is 1. The number of nitrogens with one attached hydrogen (secondary N) is 1. The highest BCUT2D eigenvalue weighted by atomic mass is 19.1. The summed E-state index contributed by atoms with van der Waals surface area (Å²) in [4.78, 5) is 14.5. The van der Waals surface area contributed by atoms with Crippen LogP contribution < -0.4 is 5.32 Å². The lowest BCUT2D eigenvalue weighted by Gasteiger charge is -2.30. The largest absolute Gasteiger partial charge is 0.355 e. The molecule has 4 heteroatoms. The molecule has 1 saturated carbocycles. The molecule has 1 aromatic rings. The van der Waals surface area contributed by atoms with E-state index in [1.54, 1.807) is 12.1 Å². The van der Waals surface area contributed by atoms with Crippen LogP contribution in [0, 0.1) is 11.7 Å². The predicted octanol–water partition coefficient (Wildman–Crippen LogP) is 3.16. The standard InChI is InChI=1S/C18H27FN2O/c1-12(2)21(13(3)4)10-9-20-18(22)16-11-15(16)14-7-5-6-8-17(14)19/h5-8,12-13,15-16H,9-11H2,1-4H3,(H,20,22). The van der Waals surface area contributed by atoms with E-state index >= 15 is 0 Å². The molecule has 0 saturated heterocycles. The van der Waals surface area contributed by atoms with Gasteiger partial charge in [-0.15, -0.1) is 0 Å². The minimum Gasteiger partial charge on any atom is -0.355 e. The lowest BCUT2D eigenvalue weighted by molar-refractivity contribution is -0.122. The van der Waals surface area contributed by atoms with Crippen LogP contribution in [0.15, 0.2) is 24.3 Å². The van der Waals surface area contributed by atoms with Crippen molar-refractivity contribution in [3.05, 3.63) is 35.6 Å². The maximum Gasteiger partial charge on any atom is 0.223 e. The maximum atomic E-state index is 13.7. The van der Waals surface area contributed by atoms with E-state index in [9.17, 15) is 9.18 Å². The van der Waals surface area contributed by atoms with Crippen molar-refractivity contribution < 1.29 is 9.18 Å². The minimum atomic E-state index is -0.200. The molecule has 1 amide bonds. The van der Waals surface area contributed by atoms with Gasteiger partial charge in [0.2, 0.25) is 5.91 Å². The second-order valence-corrected chi connectivity index (χ2v) is 6.69. The molecule has 3 nitrogen and oxygen atoms in total. The van der Waals surface area contributed by atoms with E-state index in [0.717, 1.165) is 13.0 Å². The maximum absolute atomic E-state index is 13.7. The van der Waals surface area contributed by atoms with Gasteiger partial charge in [0.05, 0.1) is 0 Å². The molecule has 0 aliphatic heterocycles. The first-order chi connectivity index (χ1) is 10.4. The highest BCUT2D eigenvalue weighted by Gasteiger charge is 2.44. The third-order valence-corrected chi connectivity index (χ3v) is 4.43. The SMILES string of the molecule is CC(C)N(CCNC(=O)C1CC1c1ccccc1F)C(C)C. The molecule has 1 fully saturated rings. The van der Waals surface area contributed by atoms with Crippen molar-refractivity contribution in [1.29, 1.82) is 0 Å². The topological polar surface area (TPSA) is 32.3 Å². The molecule has 22 heavy (non-hydrogen) atoms. The molecule has 0 bridgehead atoms. The zero-order chi connectivity index (χ0) is 16.3. The third kappa shape index (κ3) is 4.07. The van der Waals surface area contributed by atoms with Crippen molar-refractivity contribution in [3.8, 4) is 0 Å². The molecule has 1 N–H and O–H groups in total. The van der Waals surface area contributed by atoms with E-state index in [0.29, 0.717) is 24.2 Å². The van der Waals surface area contributed by atoms with Gasteiger partial charge in [-0.05, 0) is 51.7 Å². The van der Waals surface area contributed by atoms with Crippen molar-refractivity contribution >= 4 is 5.91 Å². The van der Waals surface area contributed by atoms with Crippen molar-refractivity contribution in [2.24, 2.45) is 5.92 Å². The van der Waals surface area contributed by atoms with Gasteiger partial charge in [0.25, 0.3) is 0 Å². The third-order valence-electron chi connectivity index (χ3n) is 4.43. The Hall–Kier alpha value is -1.42. The molecule has 0 aromatic heterocycles. The highest BCUT2D eigenvalue weighted by Crippen LogP contribution is 2.48. The second-order valence-electron chi connectivity index (χ2n) is 6.69. The van der Waals surface area contributed by atoms with Gasteiger partial charge in [-0.25, -0.2) is 4.39 Å². The fourth-order valence-corrected chi connectivity index (χ4v) is 3.16. The monoisotopic (exact) mass is 306 g/mol. The summed E-state index contributed by atoms with van der Waals surface area (Å²) in [6, 6.07) is 7.68. The smallest absolute Gasteiger partial charge is 0.223 e. The van der Waals surface area contributed by atoms with Gasteiger partial charge in [0.15, 0.2) is 0 Å². The normalized spacial score (nSPS) is 20.7. The van der Waals surface area contributed by atoms with Crippen LogP contribution in [-0.4, -0.2) is 36.0 Å². The van der Waals surface area contributed by atoms with Gasteiger partial charge in [0.1, 0.15) is 5.82 Å². The van der Waals surface area contributed by atoms with Crippen molar-refractivity contribution in [3.63, 3.8) is 0 Å². The summed E-state index contributed by atoms with van der Waals surface area (Å²) in [5.41, 5.74) is 0.675. The summed E-state index contributed by atoms with van der Waals surface area (Å²) >= 11 is 0. The van der Waals surface area contributed by atoms with Crippen LogP contribution in [-0.2, 0) is 4.79 Å². The van der Waals surface area contributed by atoms with Crippen LogP contribution in [0.4, 0.5) is 4.39 Å². The number of hydrogen-bond donors (Lipinski definition) is 1. The molecule has 0 spiro atoms. The number of amides is 1. The van der Waals surface area contributed by atoms with Gasteiger partial charge in [0, 0.05) is 31.1 Å². The summed E-state index contributed by atoms with van der Waals surface area (Å²) in [5.74, 6) is -0.162. The predicted molar refractivity (Wildman–Crippen MR) is 87.2 cm³/mol. The fraction of sp³-hybridized carbons (Fsp3) is 0.611. The Morgan fingerprint density at radius 1 is 1.27 bits per heavy atom. The summed E-state index contributed by atoms with van der Waals surface area (Å²) in [6.45, 7) is 10.1. The lowest BCUT2D eigenvalue weighted by Crippen LogP contribution is -2.42. The Bertz CT molecular complexity index is 508. The summed E-state index contributed by atoms with van der Waals surface area (Å²) < 4.78 is 13.7. The zero-order valence-electron chi connectivity index (χ0n) is 14.0. The molecule has 2 rings (SSSR count). The molecule has 122 valence electrons. The summed E-state index contributed by atoms with van der Waals surface area (Å²) in [6.07, 6.45) is 0.755. The Balaban J connectivity index is 1.79. The molecular weight excluding hydrogens is 279 g/mol. The van der Waals surface area contributed by atoms with Gasteiger partial charge in [-0.3, -0.25) is 9.69 Å². The number of halogens is 1. The highest BCUT2D eigenvalue weighted by molar-refractivity contribution is 5.82. The quantitative estimate of drug-likeness (QED) is 0.839. The Morgan fingerprint density at radius 3 is 2.50 bits per heavy atom. The van der Waals surface area contributed by atoms with Crippen LogP contribution in [0.2, 0.25) is 0 Å². The molecule has 2 unspecified atom stereocenters. The Kier molecular flexibility index (Phi) is 5.57. The van der Waals surface area contributed by atoms with Crippen LogP contribution in [0.3, 0.4) is 0 Å². The fourth-order valence-electron chi connectivity index (χ4n) is 3.16. The first kappa shape index (κ1) is 16.9. The van der Waals surface area contributed by atoms with Crippen molar-refractivity contribution in [2.45, 2.75) is 52.1 Å². The number of rotatable bonds is 7. The van der Waals surface area contributed by atoms with Crippen LogP contribution in [0.1, 0.15) is 45.6 Å². The Labute approximate surface area is 132 Å². The van der Waals surface area contributed by atoms with E-state index in [4.69, 9.17) is 0 Å². The summed E-state index contributed by atoms with van der Waals surface area (Å²) in [7, 11) is 0. The average Bonchev–Trinajstić information content (AvgIpc) is 3.23. The molecule has 0 radical (unpaired) electrons. The molecule has 1 aliphatic rings. The molecule has 1 aromatic carbocycles. The molecule has 1 aliphatic carbocycles. The average molecular weight is 306 g/mol. The number of benzene rings is 1. The van der Waals surface area contributed by atoms with E-state index in [-0.39, 0.29) is 23.6 Å². The first-order valence-corrected chi connectivity index (χ1v) is 8.19. The van der Waals surface area contributed by atoms with Gasteiger partial charge in [-0.2, -0.15) is 0 Å². The molecule has 2 atom stereocenters. The Morgan fingerprint density at radius 2 is 1.91 bits per heavy atom. The van der Waals surface area contributed by atoms with E-state index < -0.39 is 0 Å². The molecular formula is C18H27FN2O. The first-order valence-electron chi connectivity index (χ1n) is 8.19. The van der Waals surface area contributed by atoms with Gasteiger partial charge < -0.3 is 5.32 Å². The number of nitrogens with zero attached hydrogens (tertiary/aromatic N) is 1. The minimum absolute atomic E-state index is 0.0486. The van der Waals surface area contributed by atoms with E-state index in [2.05, 4.69) is 37.9 Å². The van der Waals surface area contributed by atoms with E-state index in [1.807, 2.05) is 6.07 Å². The van der Waals surface area contributed by atoms with Gasteiger partial charge in [-0.1, -0.05) is 18.2 Å². The zero-order valence-corrected chi connectivity index (χ0v) is 14.0.